The van der Waals surface area contributed by atoms with Crippen molar-refractivity contribution in [2.75, 3.05) is 0 Å². The second kappa shape index (κ2) is 7.18. The number of aromatic nitrogens is 1. The van der Waals surface area contributed by atoms with E-state index in [0.29, 0.717) is 23.9 Å². The Balaban J connectivity index is 2.17. The highest BCUT2D eigenvalue weighted by Gasteiger charge is 2.12. The van der Waals surface area contributed by atoms with Crippen molar-refractivity contribution in [1.29, 1.82) is 0 Å². The molecule has 0 fully saturated rings. The van der Waals surface area contributed by atoms with Crippen LogP contribution in [-0.4, -0.2) is 11.0 Å². The number of hydrogen-bond acceptors (Lipinski definition) is 3. The molecule has 0 aliphatic rings. The average molecular weight is 288 g/mol. The molecule has 0 amide bonds. The topological polar surface area (TPSA) is 34.1 Å². The van der Waals surface area contributed by atoms with E-state index in [2.05, 4.69) is 17.2 Å². The number of pyridine rings is 1. The largest absolute Gasteiger partial charge is 0.436 e. The zero-order valence-corrected chi connectivity index (χ0v) is 12.7. The lowest BCUT2D eigenvalue weighted by molar-refractivity contribution is 0.416. The standard InChI is InChI=1S/C17H21FN2O/c1-4-13-6-5-7-15(10-13)21-17-16(18)14(8-9-19-17)11-20-12(2)3/h5-10,12,20H,4,11H2,1-3H3. The number of nitrogens with zero attached hydrogens (tertiary/aromatic N) is 1. The van der Waals surface area contributed by atoms with E-state index >= 15 is 0 Å². The molecule has 21 heavy (non-hydrogen) atoms. The van der Waals surface area contributed by atoms with E-state index in [9.17, 15) is 4.39 Å². The fourth-order valence-electron chi connectivity index (χ4n) is 1.92. The Kier molecular flexibility index (Phi) is 5.28. The molecule has 112 valence electrons. The molecule has 0 saturated carbocycles. The quantitative estimate of drug-likeness (QED) is 0.870. The molecule has 3 nitrogen and oxygen atoms in total. The van der Waals surface area contributed by atoms with Crippen molar-refractivity contribution in [3.63, 3.8) is 0 Å². The molecule has 0 aliphatic heterocycles. The molecule has 0 unspecified atom stereocenters. The van der Waals surface area contributed by atoms with Crippen LogP contribution in [0.15, 0.2) is 36.5 Å². The third-order valence-corrected chi connectivity index (χ3v) is 3.16. The van der Waals surface area contributed by atoms with Crippen molar-refractivity contribution < 1.29 is 9.13 Å². The van der Waals surface area contributed by atoms with Crippen molar-refractivity contribution in [3.8, 4) is 11.6 Å². The van der Waals surface area contributed by atoms with Crippen molar-refractivity contribution in [3.05, 3.63) is 53.5 Å². The molecule has 0 spiro atoms. The van der Waals surface area contributed by atoms with Gasteiger partial charge in [0.25, 0.3) is 5.88 Å². The summed E-state index contributed by atoms with van der Waals surface area (Å²) in [6.07, 6.45) is 2.48. The van der Waals surface area contributed by atoms with Gasteiger partial charge < -0.3 is 10.1 Å². The maximum atomic E-state index is 14.4. The molecule has 0 aliphatic carbocycles. The van der Waals surface area contributed by atoms with Crippen LogP contribution in [0.2, 0.25) is 0 Å². The first-order valence-corrected chi connectivity index (χ1v) is 7.23. The summed E-state index contributed by atoms with van der Waals surface area (Å²) in [7, 11) is 0. The van der Waals surface area contributed by atoms with Gasteiger partial charge in [0.15, 0.2) is 5.82 Å². The number of benzene rings is 1. The fraction of sp³-hybridized carbons (Fsp3) is 0.353. The third kappa shape index (κ3) is 4.26. The summed E-state index contributed by atoms with van der Waals surface area (Å²) >= 11 is 0. The Morgan fingerprint density at radius 2 is 2.10 bits per heavy atom. The first-order chi connectivity index (χ1) is 10.1. The summed E-state index contributed by atoms with van der Waals surface area (Å²) in [6.45, 7) is 6.56. The van der Waals surface area contributed by atoms with Crippen LogP contribution in [0.25, 0.3) is 0 Å². The van der Waals surface area contributed by atoms with Crippen LogP contribution in [0.5, 0.6) is 11.6 Å². The minimum absolute atomic E-state index is 0.0197. The molecule has 0 saturated heterocycles. The highest BCUT2D eigenvalue weighted by Crippen LogP contribution is 2.25. The average Bonchev–Trinajstić information content (AvgIpc) is 2.48. The van der Waals surface area contributed by atoms with Crippen molar-refractivity contribution in [2.45, 2.75) is 39.8 Å². The molecular weight excluding hydrogens is 267 g/mol. The second-order valence-corrected chi connectivity index (χ2v) is 5.23. The van der Waals surface area contributed by atoms with Crippen LogP contribution in [0, 0.1) is 5.82 Å². The van der Waals surface area contributed by atoms with Gasteiger partial charge in [-0.3, -0.25) is 0 Å². The molecule has 2 rings (SSSR count). The van der Waals surface area contributed by atoms with E-state index in [0.717, 1.165) is 12.0 Å². The van der Waals surface area contributed by atoms with Gasteiger partial charge in [-0.2, -0.15) is 0 Å². The Labute approximate surface area is 125 Å². The normalized spacial score (nSPS) is 10.9. The number of ether oxygens (including phenoxy) is 1. The zero-order chi connectivity index (χ0) is 15.2. The highest BCUT2D eigenvalue weighted by atomic mass is 19.1. The molecule has 1 aromatic heterocycles. The molecule has 0 atom stereocenters. The minimum atomic E-state index is -0.410. The number of aryl methyl sites for hydroxylation is 1. The number of nitrogens with one attached hydrogen (secondary N) is 1. The Morgan fingerprint density at radius 3 is 2.81 bits per heavy atom. The summed E-state index contributed by atoms with van der Waals surface area (Å²) in [5, 5.41) is 3.19. The van der Waals surface area contributed by atoms with Crippen LogP contribution >= 0.6 is 0 Å². The fourth-order valence-corrected chi connectivity index (χ4v) is 1.92. The molecule has 2 aromatic rings. The molecule has 0 radical (unpaired) electrons. The van der Waals surface area contributed by atoms with Gasteiger partial charge in [-0.25, -0.2) is 9.37 Å². The van der Waals surface area contributed by atoms with Crippen molar-refractivity contribution in [1.82, 2.24) is 10.3 Å². The van der Waals surface area contributed by atoms with Crippen LogP contribution in [0.3, 0.4) is 0 Å². The smallest absolute Gasteiger partial charge is 0.256 e. The summed E-state index contributed by atoms with van der Waals surface area (Å²) in [4.78, 5) is 3.99. The molecular formula is C17H21FN2O. The Bertz CT molecular complexity index is 599. The Morgan fingerprint density at radius 1 is 1.29 bits per heavy atom. The van der Waals surface area contributed by atoms with Crippen LogP contribution in [0.1, 0.15) is 31.9 Å². The number of halogens is 1. The van der Waals surface area contributed by atoms with Crippen LogP contribution < -0.4 is 10.1 Å². The Hall–Kier alpha value is -1.94. The molecule has 1 heterocycles. The van der Waals surface area contributed by atoms with E-state index in [1.165, 1.54) is 0 Å². The summed E-state index contributed by atoms with van der Waals surface area (Å²) in [5.41, 5.74) is 1.70. The van der Waals surface area contributed by atoms with E-state index in [4.69, 9.17) is 4.74 Å². The highest BCUT2D eigenvalue weighted by molar-refractivity contribution is 5.33. The number of hydrogen-bond donors (Lipinski definition) is 1. The van der Waals surface area contributed by atoms with Crippen molar-refractivity contribution >= 4 is 0 Å². The first kappa shape index (κ1) is 15.4. The van der Waals surface area contributed by atoms with E-state index in [-0.39, 0.29) is 5.88 Å². The van der Waals surface area contributed by atoms with Gasteiger partial charge >= 0.3 is 0 Å². The van der Waals surface area contributed by atoms with E-state index < -0.39 is 5.82 Å². The number of rotatable bonds is 6. The molecule has 4 heteroatoms. The zero-order valence-electron chi connectivity index (χ0n) is 12.7. The lowest BCUT2D eigenvalue weighted by atomic mass is 10.2. The van der Waals surface area contributed by atoms with Gasteiger partial charge in [0.2, 0.25) is 0 Å². The summed E-state index contributed by atoms with van der Waals surface area (Å²) in [6, 6.07) is 9.58. The summed E-state index contributed by atoms with van der Waals surface area (Å²) in [5.74, 6) is 0.216. The summed E-state index contributed by atoms with van der Waals surface area (Å²) < 4.78 is 19.9. The predicted molar refractivity (Wildman–Crippen MR) is 82.1 cm³/mol. The third-order valence-electron chi connectivity index (χ3n) is 3.16. The van der Waals surface area contributed by atoms with E-state index in [1.54, 1.807) is 18.3 Å². The van der Waals surface area contributed by atoms with Gasteiger partial charge in [0.1, 0.15) is 5.75 Å². The SMILES string of the molecule is CCc1cccc(Oc2nccc(CNC(C)C)c2F)c1. The first-order valence-electron chi connectivity index (χ1n) is 7.23. The minimum Gasteiger partial charge on any atom is -0.436 e. The monoisotopic (exact) mass is 288 g/mol. The van der Waals surface area contributed by atoms with E-state index in [1.807, 2.05) is 32.0 Å². The van der Waals surface area contributed by atoms with Gasteiger partial charge in [0, 0.05) is 24.3 Å². The maximum absolute atomic E-state index is 14.4. The predicted octanol–water partition coefficient (Wildman–Crippen LogP) is 4.07. The molecule has 1 aromatic carbocycles. The van der Waals surface area contributed by atoms with Gasteiger partial charge in [-0.05, 0) is 30.2 Å². The molecule has 0 bridgehead atoms. The lowest BCUT2D eigenvalue weighted by Crippen LogP contribution is -2.22. The second-order valence-electron chi connectivity index (χ2n) is 5.23. The van der Waals surface area contributed by atoms with Gasteiger partial charge in [-0.15, -0.1) is 0 Å². The molecule has 1 N–H and O–H groups in total. The van der Waals surface area contributed by atoms with Crippen molar-refractivity contribution in [2.24, 2.45) is 0 Å². The lowest BCUT2D eigenvalue weighted by Gasteiger charge is -2.11. The van der Waals surface area contributed by atoms with Gasteiger partial charge in [-0.1, -0.05) is 32.9 Å². The van der Waals surface area contributed by atoms with Crippen LogP contribution in [-0.2, 0) is 13.0 Å². The van der Waals surface area contributed by atoms with Crippen LogP contribution in [0.4, 0.5) is 4.39 Å². The van der Waals surface area contributed by atoms with Gasteiger partial charge in [0.05, 0.1) is 0 Å². The maximum Gasteiger partial charge on any atom is 0.256 e.